The normalized spacial score (nSPS) is 21.5. The van der Waals surface area contributed by atoms with Gasteiger partial charge in [-0.15, -0.1) is 0 Å². The smallest absolute Gasteiger partial charge is 0.217 e. The van der Waals surface area contributed by atoms with Crippen LogP contribution in [0.1, 0.15) is 49.7 Å². The average Bonchev–Trinajstić information content (AvgIpc) is 2.70. The molecular formula is C22H35N5O. The predicted octanol–water partition coefficient (Wildman–Crippen LogP) is 2.34. The van der Waals surface area contributed by atoms with Crippen molar-refractivity contribution in [2.24, 2.45) is 16.6 Å². The number of guanidine groups is 1. The van der Waals surface area contributed by atoms with Gasteiger partial charge in [0, 0.05) is 39.6 Å². The molecule has 2 saturated heterocycles. The van der Waals surface area contributed by atoms with Crippen LogP contribution in [0, 0.1) is 5.92 Å². The monoisotopic (exact) mass is 385 g/mol. The van der Waals surface area contributed by atoms with Crippen LogP contribution in [0.25, 0.3) is 0 Å². The maximum absolute atomic E-state index is 11.3. The van der Waals surface area contributed by atoms with E-state index in [1.165, 1.54) is 43.5 Å². The SMILES string of the molecule is CN=C(NCc1ccccc1CN1CCCCC1)N1CCCC(CC(N)=O)C1. The molecule has 6 nitrogen and oxygen atoms in total. The Bertz CT molecular complexity index is 669. The Morgan fingerprint density at radius 3 is 2.61 bits per heavy atom. The number of hydrogen-bond donors (Lipinski definition) is 2. The minimum absolute atomic E-state index is 0.207. The number of nitrogens with zero attached hydrogens (tertiary/aromatic N) is 3. The summed E-state index contributed by atoms with van der Waals surface area (Å²) < 4.78 is 0. The van der Waals surface area contributed by atoms with E-state index in [1.807, 2.05) is 7.05 Å². The number of hydrogen-bond acceptors (Lipinski definition) is 3. The zero-order valence-corrected chi connectivity index (χ0v) is 17.2. The van der Waals surface area contributed by atoms with Crippen molar-refractivity contribution in [1.82, 2.24) is 15.1 Å². The number of nitrogens with one attached hydrogen (secondary N) is 1. The number of primary amides is 1. The molecule has 2 heterocycles. The summed E-state index contributed by atoms with van der Waals surface area (Å²) in [5.74, 6) is 1.04. The van der Waals surface area contributed by atoms with Crippen molar-refractivity contribution in [3.63, 3.8) is 0 Å². The Labute approximate surface area is 169 Å². The summed E-state index contributed by atoms with van der Waals surface area (Å²) in [5, 5.41) is 3.55. The van der Waals surface area contributed by atoms with Crippen LogP contribution in [0.15, 0.2) is 29.3 Å². The first-order chi connectivity index (χ1) is 13.7. The molecule has 3 rings (SSSR count). The van der Waals surface area contributed by atoms with E-state index in [0.717, 1.165) is 45.0 Å². The van der Waals surface area contributed by atoms with E-state index in [0.29, 0.717) is 12.3 Å². The number of amides is 1. The van der Waals surface area contributed by atoms with Gasteiger partial charge >= 0.3 is 0 Å². The van der Waals surface area contributed by atoms with Gasteiger partial charge in [-0.05, 0) is 55.8 Å². The van der Waals surface area contributed by atoms with Gasteiger partial charge in [-0.3, -0.25) is 14.7 Å². The van der Waals surface area contributed by atoms with Gasteiger partial charge in [0.25, 0.3) is 0 Å². The van der Waals surface area contributed by atoms with Crippen LogP contribution in [0.3, 0.4) is 0 Å². The van der Waals surface area contributed by atoms with Crippen molar-refractivity contribution in [2.45, 2.75) is 51.6 Å². The summed E-state index contributed by atoms with van der Waals surface area (Å²) in [7, 11) is 1.83. The standard InChI is InChI=1S/C22H35N5O/c1-24-22(27-13-7-8-18(16-27)14-21(23)28)25-15-19-9-3-4-10-20(19)17-26-11-5-2-6-12-26/h3-4,9-10,18H,2,5-8,11-17H2,1H3,(H2,23,28)(H,24,25). The zero-order valence-electron chi connectivity index (χ0n) is 17.2. The van der Waals surface area contributed by atoms with Crippen LogP contribution in [-0.2, 0) is 17.9 Å². The molecule has 1 atom stereocenters. The molecule has 0 aliphatic carbocycles. The van der Waals surface area contributed by atoms with E-state index in [1.54, 1.807) is 0 Å². The molecule has 28 heavy (non-hydrogen) atoms. The molecule has 0 aromatic heterocycles. The van der Waals surface area contributed by atoms with Crippen LogP contribution in [-0.4, -0.2) is 54.9 Å². The molecule has 2 aliphatic rings. The molecule has 3 N–H and O–H groups in total. The van der Waals surface area contributed by atoms with Crippen LogP contribution in [0.4, 0.5) is 0 Å². The van der Waals surface area contributed by atoms with E-state index < -0.39 is 0 Å². The van der Waals surface area contributed by atoms with Gasteiger partial charge in [-0.25, -0.2) is 0 Å². The molecule has 154 valence electrons. The highest BCUT2D eigenvalue weighted by atomic mass is 16.1. The van der Waals surface area contributed by atoms with Gasteiger partial charge in [-0.1, -0.05) is 30.7 Å². The van der Waals surface area contributed by atoms with Gasteiger partial charge in [-0.2, -0.15) is 0 Å². The lowest BCUT2D eigenvalue weighted by atomic mass is 9.95. The van der Waals surface area contributed by atoms with Gasteiger partial charge in [0.2, 0.25) is 5.91 Å². The Hall–Kier alpha value is -2.08. The lowest BCUT2D eigenvalue weighted by molar-refractivity contribution is -0.119. The number of rotatable bonds is 6. The summed E-state index contributed by atoms with van der Waals surface area (Å²) in [5.41, 5.74) is 8.13. The molecular weight excluding hydrogens is 350 g/mol. The first-order valence-electron chi connectivity index (χ1n) is 10.7. The zero-order chi connectivity index (χ0) is 19.8. The van der Waals surface area contributed by atoms with Crippen molar-refractivity contribution in [3.05, 3.63) is 35.4 Å². The Balaban J connectivity index is 1.58. The number of piperidine rings is 2. The molecule has 0 saturated carbocycles. The van der Waals surface area contributed by atoms with E-state index in [2.05, 4.69) is 44.4 Å². The first kappa shape index (κ1) is 20.6. The maximum atomic E-state index is 11.3. The number of likely N-dealkylation sites (tertiary alicyclic amines) is 2. The Morgan fingerprint density at radius 1 is 1.14 bits per heavy atom. The van der Waals surface area contributed by atoms with E-state index in [-0.39, 0.29) is 5.91 Å². The highest BCUT2D eigenvalue weighted by Crippen LogP contribution is 2.20. The summed E-state index contributed by atoms with van der Waals surface area (Å²) in [4.78, 5) is 20.6. The minimum atomic E-state index is -0.207. The molecule has 2 aliphatic heterocycles. The third-order valence-electron chi connectivity index (χ3n) is 5.92. The lowest BCUT2D eigenvalue weighted by Crippen LogP contribution is -2.47. The highest BCUT2D eigenvalue weighted by molar-refractivity contribution is 5.80. The molecule has 0 radical (unpaired) electrons. The fraction of sp³-hybridized carbons (Fsp3) is 0.636. The quantitative estimate of drug-likeness (QED) is 0.582. The lowest BCUT2D eigenvalue weighted by Gasteiger charge is -2.34. The predicted molar refractivity (Wildman–Crippen MR) is 114 cm³/mol. The van der Waals surface area contributed by atoms with Crippen LogP contribution in [0.5, 0.6) is 0 Å². The van der Waals surface area contributed by atoms with Crippen molar-refractivity contribution >= 4 is 11.9 Å². The van der Waals surface area contributed by atoms with Crippen LogP contribution < -0.4 is 11.1 Å². The number of carbonyl (C=O) groups is 1. The van der Waals surface area contributed by atoms with Crippen LogP contribution >= 0.6 is 0 Å². The number of carbonyl (C=O) groups excluding carboxylic acids is 1. The highest BCUT2D eigenvalue weighted by Gasteiger charge is 2.23. The number of benzene rings is 1. The van der Waals surface area contributed by atoms with Gasteiger partial charge in [0.1, 0.15) is 0 Å². The molecule has 1 aromatic carbocycles. The third-order valence-corrected chi connectivity index (χ3v) is 5.92. The fourth-order valence-electron chi connectivity index (χ4n) is 4.46. The van der Waals surface area contributed by atoms with E-state index >= 15 is 0 Å². The largest absolute Gasteiger partial charge is 0.370 e. The summed E-state index contributed by atoms with van der Waals surface area (Å²) >= 11 is 0. The molecule has 0 bridgehead atoms. The summed E-state index contributed by atoms with van der Waals surface area (Å²) in [6.07, 6.45) is 6.59. The van der Waals surface area contributed by atoms with Crippen molar-refractivity contribution < 1.29 is 4.79 Å². The maximum Gasteiger partial charge on any atom is 0.217 e. The summed E-state index contributed by atoms with van der Waals surface area (Å²) in [6, 6.07) is 8.71. The fourth-order valence-corrected chi connectivity index (χ4v) is 4.46. The number of aliphatic imine (C=N–C) groups is 1. The van der Waals surface area contributed by atoms with Gasteiger partial charge < -0.3 is 16.0 Å². The minimum Gasteiger partial charge on any atom is -0.370 e. The van der Waals surface area contributed by atoms with Crippen molar-refractivity contribution in [1.29, 1.82) is 0 Å². The van der Waals surface area contributed by atoms with Crippen LogP contribution in [0.2, 0.25) is 0 Å². The molecule has 1 unspecified atom stereocenters. The molecule has 2 fully saturated rings. The molecule has 1 amide bonds. The average molecular weight is 386 g/mol. The molecule has 0 spiro atoms. The second-order valence-corrected chi connectivity index (χ2v) is 8.13. The molecule has 1 aromatic rings. The van der Waals surface area contributed by atoms with Gasteiger partial charge in [0.15, 0.2) is 5.96 Å². The molecule has 6 heteroatoms. The Kier molecular flexibility index (Phi) is 7.71. The number of nitrogens with two attached hydrogens (primary N) is 1. The van der Waals surface area contributed by atoms with Crippen molar-refractivity contribution in [2.75, 3.05) is 33.2 Å². The van der Waals surface area contributed by atoms with E-state index in [4.69, 9.17) is 5.73 Å². The second kappa shape index (κ2) is 10.5. The topological polar surface area (TPSA) is 74.0 Å². The second-order valence-electron chi connectivity index (χ2n) is 8.13. The first-order valence-corrected chi connectivity index (χ1v) is 10.7. The summed E-state index contributed by atoms with van der Waals surface area (Å²) in [6.45, 7) is 6.04. The third kappa shape index (κ3) is 5.96. The van der Waals surface area contributed by atoms with Crippen molar-refractivity contribution in [3.8, 4) is 0 Å². The van der Waals surface area contributed by atoms with Gasteiger partial charge in [0.05, 0.1) is 0 Å². The Morgan fingerprint density at radius 2 is 1.89 bits per heavy atom. The van der Waals surface area contributed by atoms with E-state index in [9.17, 15) is 4.79 Å².